The highest BCUT2D eigenvalue weighted by atomic mass is 16.4. The van der Waals surface area contributed by atoms with Crippen molar-refractivity contribution in [1.29, 1.82) is 0 Å². The lowest BCUT2D eigenvalue weighted by molar-refractivity contribution is 0.124. The molecule has 0 bridgehead atoms. The molecule has 0 spiro atoms. The molecule has 1 aliphatic carbocycles. The molecule has 0 unspecified atom stereocenters. The number of piperidine rings is 1. The molecule has 1 saturated carbocycles. The summed E-state index contributed by atoms with van der Waals surface area (Å²) in [6.45, 7) is 3.67. The van der Waals surface area contributed by atoms with Gasteiger partial charge in [-0.3, -0.25) is 0 Å². The topological polar surface area (TPSA) is 52.6 Å². The van der Waals surface area contributed by atoms with Gasteiger partial charge in [-0.15, -0.1) is 0 Å². The number of nitrogens with zero attached hydrogens (tertiary/aromatic N) is 1. The number of hydrogen-bond donors (Lipinski definition) is 2. The molecule has 1 saturated heterocycles. The lowest BCUT2D eigenvalue weighted by Gasteiger charge is -2.30. The molecule has 1 heterocycles. The number of amides is 1. The third-order valence-electron chi connectivity index (χ3n) is 3.45. The Balaban J connectivity index is 1.58. The molecule has 1 aliphatic heterocycles. The Bertz CT molecular complexity index is 221. The van der Waals surface area contributed by atoms with Crippen LogP contribution in [-0.4, -0.2) is 42.3 Å². The molecule has 0 radical (unpaired) electrons. The maximum atomic E-state index is 10.7. The van der Waals surface area contributed by atoms with E-state index in [4.69, 9.17) is 5.11 Å². The second-order valence-corrected chi connectivity index (χ2v) is 4.81. The number of carboxylic acid groups (broad SMARTS) is 1. The molecule has 2 fully saturated rings. The van der Waals surface area contributed by atoms with E-state index in [2.05, 4.69) is 5.32 Å². The molecule has 0 aromatic heterocycles. The van der Waals surface area contributed by atoms with Crippen LogP contribution < -0.4 is 5.32 Å². The Morgan fingerprint density at radius 2 is 1.67 bits per heavy atom. The van der Waals surface area contributed by atoms with Gasteiger partial charge < -0.3 is 15.3 Å². The normalized spacial score (nSPS) is 23.1. The van der Waals surface area contributed by atoms with E-state index in [9.17, 15) is 4.79 Å². The number of rotatable bonds is 4. The second kappa shape index (κ2) is 4.84. The van der Waals surface area contributed by atoms with Crippen molar-refractivity contribution >= 4 is 6.09 Å². The fourth-order valence-electron chi connectivity index (χ4n) is 2.14. The first-order chi connectivity index (χ1) is 7.25. The summed E-state index contributed by atoms with van der Waals surface area (Å²) in [6.07, 6.45) is 4.06. The van der Waals surface area contributed by atoms with Crippen molar-refractivity contribution in [1.82, 2.24) is 10.2 Å². The minimum absolute atomic E-state index is 0.680. The summed E-state index contributed by atoms with van der Waals surface area (Å²) < 4.78 is 0. The van der Waals surface area contributed by atoms with Crippen LogP contribution in [0.5, 0.6) is 0 Å². The number of carbonyl (C=O) groups is 1. The zero-order valence-electron chi connectivity index (χ0n) is 9.11. The molecule has 86 valence electrons. The summed E-state index contributed by atoms with van der Waals surface area (Å²) in [7, 11) is 0. The average molecular weight is 212 g/mol. The quantitative estimate of drug-likeness (QED) is 0.740. The Kier molecular flexibility index (Phi) is 3.46. The highest BCUT2D eigenvalue weighted by molar-refractivity contribution is 5.64. The maximum absolute atomic E-state index is 10.7. The van der Waals surface area contributed by atoms with Crippen LogP contribution in [0.4, 0.5) is 4.79 Å². The van der Waals surface area contributed by atoms with Crippen LogP contribution in [-0.2, 0) is 0 Å². The highest BCUT2D eigenvalue weighted by Gasteiger charge is 2.23. The SMILES string of the molecule is O=C(O)N1CCC(CNCC2CC2)CC1. The van der Waals surface area contributed by atoms with E-state index in [1.54, 1.807) is 0 Å². The average Bonchev–Trinajstić information content (AvgIpc) is 3.02. The predicted molar refractivity (Wildman–Crippen MR) is 57.9 cm³/mol. The van der Waals surface area contributed by atoms with E-state index in [0.29, 0.717) is 19.0 Å². The third-order valence-corrected chi connectivity index (χ3v) is 3.45. The molecule has 0 aromatic rings. The Morgan fingerprint density at radius 3 is 2.13 bits per heavy atom. The standard InChI is InChI=1S/C11H20N2O2/c14-11(15)13-5-3-10(4-6-13)8-12-7-9-1-2-9/h9-10,12H,1-8H2,(H,14,15). The van der Waals surface area contributed by atoms with Gasteiger partial charge >= 0.3 is 6.09 Å². The van der Waals surface area contributed by atoms with E-state index in [-0.39, 0.29) is 0 Å². The van der Waals surface area contributed by atoms with Gasteiger partial charge in [-0.1, -0.05) is 0 Å². The van der Waals surface area contributed by atoms with E-state index in [0.717, 1.165) is 25.3 Å². The van der Waals surface area contributed by atoms with Gasteiger partial charge in [0, 0.05) is 13.1 Å². The first-order valence-electron chi connectivity index (χ1n) is 5.94. The van der Waals surface area contributed by atoms with Crippen molar-refractivity contribution < 1.29 is 9.90 Å². The second-order valence-electron chi connectivity index (χ2n) is 4.81. The van der Waals surface area contributed by atoms with Crippen LogP contribution in [0, 0.1) is 11.8 Å². The monoisotopic (exact) mass is 212 g/mol. The fraction of sp³-hybridized carbons (Fsp3) is 0.909. The molecule has 4 nitrogen and oxygen atoms in total. The van der Waals surface area contributed by atoms with Gasteiger partial charge in [-0.05, 0) is 50.6 Å². The summed E-state index contributed by atoms with van der Waals surface area (Å²) in [5.74, 6) is 1.61. The predicted octanol–water partition coefficient (Wildman–Crippen LogP) is 1.38. The maximum Gasteiger partial charge on any atom is 0.407 e. The zero-order valence-corrected chi connectivity index (χ0v) is 9.11. The first kappa shape index (κ1) is 10.7. The summed E-state index contributed by atoms with van der Waals surface area (Å²) in [4.78, 5) is 12.2. The minimum Gasteiger partial charge on any atom is -0.465 e. The van der Waals surface area contributed by atoms with Gasteiger partial charge in [0.15, 0.2) is 0 Å². The number of likely N-dealkylation sites (tertiary alicyclic amines) is 1. The summed E-state index contributed by atoms with van der Waals surface area (Å²) in [6, 6.07) is 0. The van der Waals surface area contributed by atoms with Gasteiger partial charge in [0.2, 0.25) is 0 Å². The van der Waals surface area contributed by atoms with Crippen LogP contribution in [0.15, 0.2) is 0 Å². The van der Waals surface area contributed by atoms with Crippen LogP contribution >= 0.6 is 0 Å². The Morgan fingerprint density at radius 1 is 1.13 bits per heavy atom. The lowest BCUT2D eigenvalue weighted by Crippen LogP contribution is -2.40. The van der Waals surface area contributed by atoms with Gasteiger partial charge in [0.25, 0.3) is 0 Å². The lowest BCUT2D eigenvalue weighted by atomic mass is 9.97. The van der Waals surface area contributed by atoms with Gasteiger partial charge in [-0.25, -0.2) is 4.79 Å². The van der Waals surface area contributed by atoms with Crippen LogP contribution in [0.25, 0.3) is 0 Å². The van der Waals surface area contributed by atoms with E-state index in [1.807, 2.05) is 0 Å². The van der Waals surface area contributed by atoms with Gasteiger partial charge in [0.1, 0.15) is 0 Å². The molecule has 2 aliphatic rings. The smallest absolute Gasteiger partial charge is 0.407 e. The van der Waals surface area contributed by atoms with Crippen molar-refractivity contribution in [3.05, 3.63) is 0 Å². The largest absolute Gasteiger partial charge is 0.465 e. The van der Waals surface area contributed by atoms with E-state index in [1.165, 1.54) is 24.3 Å². The fourth-order valence-corrected chi connectivity index (χ4v) is 2.14. The molecule has 1 amide bonds. The van der Waals surface area contributed by atoms with Crippen molar-refractivity contribution in [2.45, 2.75) is 25.7 Å². The molecule has 15 heavy (non-hydrogen) atoms. The molecule has 0 aromatic carbocycles. The molecular formula is C11H20N2O2. The molecule has 2 rings (SSSR count). The first-order valence-corrected chi connectivity index (χ1v) is 5.94. The van der Waals surface area contributed by atoms with E-state index < -0.39 is 6.09 Å². The Labute approximate surface area is 90.6 Å². The van der Waals surface area contributed by atoms with Crippen LogP contribution in [0.1, 0.15) is 25.7 Å². The van der Waals surface area contributed by atoms with Crippen LogP contribution in [0.3, 0.4) is 0 Å². The summed E-state index contributed by atoms with van der Waals surface area (Å²) in [5, 5.41) is 12.3. The number of nitrogens with one attached hydrogen (secondary N) is 1. The van der Waals surface area contributed by atoms with Gasteiger partial charge in [-0.2, -0.15) is 0 Å². The van der Waals surface area contributed by atoms with Crippen LogP contribution in [0.2, 0.25) is 0 Å². The van der Waals surface area contributed by atoms with Crippen molar-refractivity contribution in [3.63, 3.8) is 0 Å². The van der Waals surface area contributed by atoms with Gasteiger partial charge in [0.05, 0.1) is 0 Å². The van der Waals surface area contributed by atoms with Crippen molar-refractivity contribution in [3.8, 4) is 0 Å². The molecular weight excluding hydrogens is 192 g/mol. The van der Waals surface area contributed by atoms with Crippen molar-refractivity contribution in [2.75, 3.05) is 26.2 Å². The third kappa shape index (κ3) is 3.38. The Hall–Kier alpha value is -0.770. The molecule has 2 N–H and O–H groups in total. The number of hydrogen-bond acceptors (Lipinski definition) is 2. The molecule has 0 atom stereocenters. The molecule has 4 heteroatoms. The highest BCUT2D eigenvalue weighted by Crippen LogP contribution is 2.27. The minimum atomic E-state index is -0.764. The van der Waals surface area contributed by atoms with Crippen molar-refractivity contribution in [2.24, 2.45) is 11.8 Å². The zero-order chi connectivity index (χ0) is 10.7. The summed E-state index contributed by atoms with van der Waals surface area (Å²) in [5.41, 5.74) is 0. The summed E-state index contributed by atoms with van der Waals surface area (Å²) >= 11 is 0. The van der Waals surface area contributed by atoms with E-state index >= 15 is 0 Å².